The molecule has 2 fully saturated rings. The van der Waals surface area contributed by atoms with Gasteiger partial charge in [0.05, 0.1) is 42.3 Å². The highest BCUT2D eigenvalue weighted by atomic mass is 32.2. The van der Waals surface area contributed by atoms with E-state index in [2.05, 4.69) is 10.4 Å². The molecule has 9 nitrogen and oxygen atoms in total. The highest BCUT2D eigenvalue weighted by Gasteiger charge is 2.52. The van der Waals surface area contributed by atoms with Crippen molar-refractivity contribution in [2.24, 2.45) is 5.92 Å². The number of nitrogens with zero attached hydrogens (tertiary/aromatic N) is 3. The number of hydrogen-bond acceptors (Lipinski definition) is 8. The van der Waals surface area contributed by atoms with Crippen LogP contribution in [0.3, 0.4) is 0 Å². The highest BCUT2D eigenvalue weighted by Crippen LogP contribution is 2.39. The number of hydrazine groups is 1. The molecule has 218 valence electrons. The number of alkyl halides is 6. The van der Waals surface area contributed by atoms with Gasteiger partial charge in [0.15, 0.2) is 5.92 Å². The number of nitrogens with one attached hydrogen (secondary N) is 2. The predicted octanol–water partition coefficient (Wildman–Crippen LogP) is 2.61. The number of carbonyl (C=O) groups excluding carboxylic acids is 2. The number of carbonyl (C=O) groups is 2. The van der Waals surface area contributed by atoms with Gasteiger partial charge in [0.1, 0.15) is 5.82 Å². The molecule has 4 heterocycles. The Kier molecular flexibility index (Phi) is 9.18. The van der Waals surface area contributed by atoms with Gasteiger partial charge >= 0.3 is 12.4 Å². The van der Waals surface area contributed by atoms with E-state index in [4.69, 9.17) is 9.47 Å². The standard InChI is InChI=1S/C23H29F6N5O4S/c1-13(38-16-10-31-32-21(36)19(16)23(27,28)29)12-37-6-2-18(35)33-4-5-34-15(11-33)3-7-39-17-8-14(22(24,25)26)9-30-20(17)34/h8-9,13,15-16,19,31H,2-7,10-12H2,1H3,(H,32,36)/t13-,15-,16?,19?/m0/s1. The molecule has 39 heavy (non-hydrogen) atoms. The van der Waals surface area contributed by atoms with Gasteiger partial charge in [-0.3, -0.25) is 15.0 Å². The largest absolute Gasteiger partial charge is 0.417 e. The second kappa shape index (κ2) is 12.1. The third-order valence-electron chi connectivity index (χ3n) is 6.72. The molecular formula is C23H29F6N5O4S. The van der Waals surface area contributed by atoms with Gasteiger partial charge in [0.25, 0.3) is 0 Å². The van der Waals surface area contributed by atoms with Gasteiger partial charge in [-0.25, -0.2) is 10.4 Å². The van der Waals surface area contributed by atoms with Crippen LogP contribution < -0.4 is 15.8 Å². The van der Waals surface area contributed by atoms with E-state index in [1.807, 2.05) is 10.3 Å². The van der Waals surface area contributed by atoms with Gasteiger partial charge in [-0.15, -0.1) is 11.8 Å². The van der Waals surface area contributed by atoms with Crippen LogP contribution in [0.1, 0.15) is 25.3 Å². The Morgan fingerprint density at radius 1 is 1.26 bits per heavy atom. The lowest BCUT2D eigenvalue weighted by Crippen LogP contribution is -2.60. The number of aromatic nitrogens is 1. The summed E-state index contributed by atoms with van der Waals surface area (Å²) in [6, 6.07) is 1.04. The van der Waals surface area contributed by atoms with Crippen LogP contribution in [0, 0.1) is 5.92 Å². The predicted molar refractivity (Wildman–Crippen MR) is 128 cm³/mol. The second-order valence-electron chi connectivity index (χ2n) is 9.57. The summed E-state index contributed by atoms with van der Waals surface area (Å²) in [5.74, 6) is -2.58. The Balaban J connectivity index is 1.23. The minimum atomic E-state index is -4.76. The van der Waals surface area contributed by atoms with Gasteiger partial charge in [-0.1, -0.05) is 0 Å². The number of amides is 2. The Bertz CT molecular complexity index is 1050. The topological polar surface area (TPSA) is 96.0 Å². The van der Waals surface area contributed by atoms with E-state index in [-0.39, 0.29) is 38.1 Å². The fourth-order valence-electron chi connectivity index (χ4n) is 4.82. The zero-order chi connectivity index (χ0) is 28.4. The van der Waals surface area contributed by atoms with Gasteiger partial charge in [0.2, 0.25) is 11.8 Å². The van der Waals surface area contributed by atoms with Crippen LogP contribution in [-0.2, 0) is 25.2 Å². The van der Waals surface area contributed by atoms with E-state index < -0.39 is 41.9 Å². The molecule has 1 aromatic rings. The van der Waals surface area contributed by atoms with Crippen molar-refractivity contribution in [2.45, 2.75) is 55.3 Å². The molecule has 0 spiro atoms. The quantitative estimate of drug-likeness (QED) is 0.373. The SMILES string of the molecule is C[C@@H](COCCC(=O)N1CCN2c3ncc(C(F)(F)F)cc3SCC[C@H]2C1)OC1CNNC(=O)C1C(F)(F)F. The van der Waals surface area contributed by atoms with Crippen molar-refractivity contribution in [3.05, 3.63) is 17.8 Å². The fourth-order valence-corrected chi connectivity index (χ4v) is 5.94. The van der Waals surface area contributed by atoms with E-state index in [0.29, 0.717) is 42.5 Å². The third kappa shape index (κ3) is 7.27. The van der Waals surface area contributed by atoms with Crippen LogP contribution >= 0.6 is 11.8 Å². The molecule has 16 heteroatoms. The molecule has 3 aliphatic rings. The normalized spacial score (nSPS) is 24.9. The Hall–Kier alpha value is -2.30. The average molecular weight is 586 g/mol. The number of rotatable bonds is 7. The van der Waals surface area contributed by atoms with Crippen LogP contribution in [0.15, 0.2) is 17.2 Å². The molecule has 2 amide bonds. The number of fused-ring (bicyclic) bond motifs is 3. The van der Waals surface area contributed by atoms with Gasteiger partial charge in [-0.2, -0.15) is 26.3 Å². The maximum absolute atomic E-state index is 13.2. The average Bonchev–Trinajstić information content (AvgIpc) is 3.03. The van der Waals surface area contributed by atoms with Gasteiger partial charge in [-0.05, 0) is 19.4 Å². The van der Waals surface area contributed by atoms with Crippen molar-refractivity contribution in [1.82, 2.24) is 20.7 Å². The summed E-state index contributed by atoms with van der Waals surface area (Å²) < 4.78 is 89.9. The number of anilines is 1. The van der Waals surface area contributed by atoms with E-state index >= 15 is 0 Å². The summed E-state index contributed by atoms with van der Waals surface area (Å²) in [4.78, 5) is 32.6. The van der Waals surface area contributed by atoms with Crippen LogP contribution in [0.4, 0.5) is 32.2 Å². The minimum absolute atomic E-state index is 0.0317. The summed E-state index contributed by atoms with van der Waals surface area (Å²) in [6.45, 7) is 2.48. The van der Waals surface area contributed by atoms with Crippen LogP contribution in [0.25, 0.3) is 0 Å². The molecule has 0 aromatic carbocycles. The Morgan fingerprint density at radius 3 is 2.74 bits per heavy atom. The van der Waals surface area contributed by atoms with E-state index in [1.54, 1.807) is 4.90 Å². The van der Waals surface area contributed by atoms with Crippen molar-refractivity contribution in [1.29, 1.82) is 0 Å². The van der Waals surface area contributed by atoms with E-state index in [0.717, 1.165) is 12.3 Å². The van der Waals surface area contributed by atoms with Gasteiger partial charge < -0.3 is 19.3 Å². The molecule has 0 saturated carbocycles. The maximum Gasteiger partial charge on any atom is 0.417 e. The first-order valence-electron chi connectivity index (χ1n) is 12.4. The highest BCUT2D eigenvalue weighted by molar-refractivity contribution is 7.99. The molecule has 0 bridgehead atoms. The van der Waals surface area contributed by atoms with Crippen LogP contribution in [0.2, 0.25) is 0 Å². The molecule has 2 saturated heterocycles. The molecule has 4 rings (SSSR count). The number of thioether (sulfide) groups is 1. The number of piperazine rings is 1. The number of halogens is 6. The summed E-state index contributed by atoms with van der Waals surface area (Å²) in [5.41, 5.74) is 3.55. The molecule has 1 aromatic heterocycles. The Labute approximate surface area is 224 Å². The molecule has 2 N–H and O–H groups in total. The number of ether oxygens (including phenoxy) is 2. The zero-order valence-corrected chi connectivity index (χ0v) is 21.8. The second-order valence-corrected chi connectivity index (χ2v) is 10.7. The molecular weight excluding hydrogens is 556 g/mol. The third-order valence-corrected chi connectivity index (χ3v) is 7.77. The van der Waals surface area contributed by atoms with Crippen molar-refractivity contribution < 1.29 is 45.4 Å². The first-order chi connectivity index (χ1) is 18.3. The van der Waals surface area contributed by atoms with E-state index in [1.165, 1.54) is 18.7 Å². The first kappa shape index (κ1) is 29.7. The first-order valence-corrected chi connectivity index (χ1v) is 13.4. The zero-order valence-electron chi connectivity index (χ0n) is 21.0. The lowest BCUT2D eigenvalue weighted by molar-refractivity contribution is -0.219. The maximum atomic E-state index is 13.2. The van der Waals surface area contributed by atoms with E-state index in [9.17, 15) is 35.9 Å². The molecule has 4 atom stereocenters. The summed E-state index contributed by atoms with van der Waals surface area (Å²) in [7, 11) is 0. The Morgan fingerprint density at radius 2 is 2.03 bits per heavy atom. The monoisotopic (exact) mass is 585 g/mol. The lowest BCUT2D eigenvalue weighted by atomic mass is 9.99. The van der Waals surface area contributed by atoms with Gasteiger partial charge in [0, 0.05) is 44.2 Å². The molecule has 0 radical (unpaired) electrons. The smallest absolute Gasteiger partial charge is 0.378 e. The summed E-state index contributed by atoms with van der Waals surface area (Å²) >= 11 is 1.32. The number of hydrogen-bond donors (Lipinski definition) is 2. The number of pyridine rings is 1. The molecule has 3 aliphatic heterocycles. The van der Waals surface area contributed by atoms with Crippen LogP contribution in [-0.4, -0.2) is 91.3 Å². The summed E-state index contributed by atoms with van der Waals surface area (Å²) in [5, 5.41) is 0. The van der Waals surface area contributed by atoms with Crippen molar-refractivity contribution in [2.75, 3.05) is 50.0 Å². The van der Waals surface area contributed by atoms with Crippen molar-refractivity contribution >= 4 is 29.4 Å². The lowest BCUT2D eigenvalue weighted by Gasteiger charge is -2.41. The van der Waals surface area contributed by atoms with Crippen molar-refractivity contribution in [3.63, 3.8) is 0 Å². The van der Waals surface area contributed by atoms with Crippen LogP contribution in [0.5, 0.6) is 0 Å². The molecule has 0 aliphatic carbocycles. The minimum Gasteiger partial charge on any atom is -0.378 e. The van der Waals surface area contributed by atoms with Crippen molar-refractivity contribution in [3.8, 4) is 0 Å². The summed E-state index contributed by atoms with van der Waals surface area (Å²) in [6.07, 6.45) is -9.83. The fraction of sp³-hybridized carbons (Fsp3) is 0.696. The molecule has 2 unspecified atom stereocenters.